The van der Waals surface area contributed by atoms with Crippen LogP contribution in [0, 0.1) is 6.92 Å². The zero-order valence-electron chi connectivity index (χ0n) is 11.1. The van der Waals surface area contributed by atoms with Gasteiger partial charge in [-0.15, -0.1) is 6.58 Å². The third-order valence-corrected chi connectivity index (χ3v) is 3.03. The molecule has 1 amide bonds. The van der Waals surface area contributed by atoms with Crippen molar-refractivity contribution >= 4 is 21.8 Å². The number of carbonyl (C=O) groups excluding carboxylic acids is 1. The lowest BCUT2D eigenvalue weighted by Crippen LogP contribution is -2.36. The zero-order valence-corrected chi connectivity index (χ0v) is 12.7. The van der Waals surface area contributed by atoms with Gasteiger partial charge in [0.15, 0.2) is 6.10 Å². The molecule has 1 rings (SSSR count). The summed E-state index contributed by atoms with van der Waals surface area (Å²) in [7, 11) is 0. The van der Waals surface area contributed by atoms with Gasteiger partial charge in [-0.05, 0) is 31.5 Å². The van der Waals surface area contributed by atoms with Crippen LogP contribution in [0.25, 0.3) is 0 Å². The number of hydrogen-bond donors (Lipinski definition) is 2. The van der Waals surface area contributed by atoms with Crippen LogP contribution in [0.15, 0.2) is 29.3 Å². The summed E-state index contributed by atoms with van der Waals surface area (Å²) in [5.41, 5.74) is 1.51. The molecule has 0 spiro atoms. The molecule has 5 heteroatoms. The molecule has 1 unspecified atom stereocenters. The van der Waals surface area contributed by atoms with Crippen LogP contribution in [0.4, 0.5) is 0 Å². The number of carbonyl (C=O) groups is 1. The summed E-state index contributed by atoms with van der Waals surface area (Å²) >= 11 is 3.36. The van der Waals surface area contributed by atoms with E-state index in [9.17, 15) is 9.90 Å². The fourth-order valence-corrected chi connectivity index (χ4v) is 2.25. The monoisotopic (exact) mass is 327 g/mol. The molecule has 1 atom stereocenters. The smallest absolute Gasteiger partial charge is 0.261 e. The standard InChI is InChI=1S/C14H18BrNO3/c1-4-5-16-14(18)10(3)19-13-9(2)6-12(15)7-11(13)8-17/h4,6-7,10,17H,1,5,8H2,2-3H3,(H,16,18). The van der Waals surface area contributed by atoms with E-state index in [0.29, 0.717) is 17.9 Å². The summed E-state index contributed by atoms with van der Waals surface area (Å²) < 4.78 is 6.52. The normalized spacial score (nSPS) is 11.8. The van der Waals surface area contributed by atoms with Crippen LogP contribution in [0.2, 0.25) is 0 Å². The van der Waals surface area contributed by atoms with Crippen molar-refractivity contribution in [1.29, 1.82) is 0 Å². The average molecular weight is 328 g/mol. The predicted octanol–water partition coefficient (Wildman–Crippen LogP) is 2.32. The third kappa shape index (κ3) is 4.36. The molecule has 0 aliphatic rings. The van der Waals surface area contributed by atoms with E-state index < -0.39 is 6.10 Å². The van der Waals surface area contributed by atoms with Gasteiger partial charge in [-0.1, -0.05) is 22.0 Å². The number of benzene rings is 1. The first-order valence-electron chi connectivity index (χ1n) is 5.94. The lowest BCUT2D eigenvalue weighted by Gasteiger charge is -2.18. The summed E-state index contributed by atoms with van der Waals surface area (Å²) in [6, 6.07) is 3.65. The number of nitrogens with one attached hydrogen (secondary N) is 1. The molecule has 4 nitrogen and oxygen atoms in total. The molecule has 2 N–H and O–H groups in total. The SMILES string of the molecule is C=CCNC(=O)C(C)Oc1c(C)cc(Br)cc1CO. The molecule has 0 saturated heterocycles. The average Bonchev–Trinajstić information content (AvgIpc) is 2.38. The van der Waals surface area contributed by atoms with Crippen LogP contribution < -0.4 is 10.1 Å². The molecule has 0 aliphatic heterocycles. The first-order chi connectivity index (χ1) is 8.99. The Morgan fingerprint density at radius 3 is 2.89 bits per heavy atom. The Morgan fingerprint density at radius 1 is 1.63 bits per heavy atom. The van der Waals surface area contributed by atoms with Crippen molar-refractivity contribution in [3.8, 4) is 5.75 Å². The van der Waals surface area contributed by atoms with Crippen molar-refractivity contribution < 1.29 is 14.6 Å². The first kappa shape index (κ1) is 15.7. The van der Waals surface area contributed by atoms with Gasteiger partial charge < -0.3 is 15.2 Å². The number of rotatable bonds is 6. The maximum absolute atomic E-state index is 11.7. The second kappa shape index (κ2) is 7.31. The van der Waals surface area contributed by atoms with E-state index in [1.165, 1.54) is 0 Å². The second-order valence-electron chi connectivity index (χ2n) is 4.16. The maximum Gasteiger partial charge on any atom is 0.261 e. The van der Waals surface area contributed by atoms with Crippen molar-refractivity contribution in [1.82, 2.24) is 5.32 Å². The molecule has 0 bridgehead atoms. The predicted molar refractivity (Wildman–Crippen MR) is 78.1 cm³/mol. The van der Waals surface area contributed by atoms with Crippen LogP contribution in [0.3, 0.4) is 0 Å². The van der Waals surface area contributed by atoms with E-state index in [1.54, 1.807) is 19.1 Å². The highest BCUT2D eigenvalue weighted by Gasteiger charge is 2.17. The van der Waals surface area contributed by atoms with E-state index in [2.05, 4.69) is 27.8 Å². The Labute approximate surface area is 121 Å². The first-order valence-corrected chi connectivity index (χ1v) is 6.74. The largest absolute Gasteiger partial charge is 0.480 e. The van der Waals surface area contributed by atoms with Crippen LogP contribution in [-0.2, 0) is 11.4 Å². The van der Waals surface area contributed by atoms with Gasteiger partial charge in [0.05, 0.1) is 6.61 Å². The molecular weight excluding hydrogens is 310 g/mol. The molecule has 19 heavy (non-hydrogen) atoms. The summed E-state index contributed by atoms with van der Waals surface area (Å²) in [4.78, 5) is 11.7. The fraction of sp³-hybridized carbons (Fsp3) is 0.357. The number of halogens is 1. The number of hydrogen-bond acceptors (Lipinski definition) is 3. The maximum atomic E-state index is 11.7. The van der Waals surface area contributed by atoms with Gasteiger partial charge in [-0.25, -0.2) is 0 Å². The van der Waals surface area contributed by atoms with Gasteiger partial charge in [0.25, 0.3) is 5.91 Å². The third-order valence-electron chi connectivity index (χ3n) is 2.57. The highest BCUT2D eigenvalue weighted by Crippen LogP contribution is 2.29. The van der Waals surface area contributed by atoms with E-state index >= 15 is 0 Å². The molecule has 0 aliphatic carbocycles. The van der Waals surface area contributed by atoms with Crippen molar-refractivity contribution in [3.63, 3.8) is 0 Å². The minimum Gasteiger partial charge on any atom is -0.480 e. The molecule has 1 aromatic carbocycles. The highest BCUT2D eigenvalue weighted by atomic mass is 79.9. The van der Waals surface area contributed by atoms with Gasteiger partial charge in [0.2, 0.25) is 0 Å². The zero-order chi connectivity index (χ0) is 14.4. The lowest BCUT2D eigenvalue weighted by molar-refractivity contribution is -0.127. The Bertz CT molecular complexity index is 474. The number of aliphatic hydroxyl groups excluding tert-OH is 1. The van der Waals surface area contributed by atoms with Crippen LogP contribution in [-0.4, -0.2) is 23.7 Å². The summed E-state index contributed by atoms with van der Waals surface area (Å²) in [5, 5.41) is 12.0. The minimum atomic E-state index is -0.634. The quantitative estimate of drug-likeness (QED) is 0.788. The molecular formula is C14H18BrNO3. The Kier molecular flexibility index (Phi) is 6.05. The topological polar surface area (TPSA) is 58.6 Å². The van der Waals surface area contributed by atoms with Crippen molar-refractivity contribution in [2.24, 2.45) is 0 Å². The van der Waals surface area contributed by atoms with Gasteiger partial charge in [-0.3, -0.25) is 4.79 Å². The van der Waals surface area contributed by atoms with Crippen molar-refractivity contribution in [2.75, 3.05) is 6.54 Å². The second-order valence-corrected chi connectivity index (χ2v) is 5.08. The summed E-state index contributed by atoms with van der Waals surface area (Å²) in [5.74, 6) is 0.332. The highest BCUT2D eigenvalue weighted by molar-refractivity contribution is 9.10. The van der Waals surface area contributed by atoms with Gasteiger partial charge >= 0.3 is 0 Å². The number of aryl methyl sites for hydroxylation is 1. The summed E-state index contributed by atoms with van der Waals surface area (Å²) in [6.45, 7) is 7.33. The van der Waals surface area contributed by atoms with Crippen LogP contribution in [0.1, 0.15) is 18.1 Å². The molecule has 1 aromatic rings. The van der Waals surface area contributed by atoms with Gasteiger partial charge in [-0.2, -0.15) is 0 Å². The summed E-state index contributed by atoms with van der Waals surface area (Å²) in [6.07, 6.45) is 0.972. The molecule has 0 saturated carbocycles. The van der Waals surface area contributed by atoms with Crippen LogP contribution in [0.5, 0.6) is 5.75 Å². The van der Waals surface area contributed by atoms with E-state index in [1.807, 2.05) is 13.0 Å². The molecule has 104 valence electrons. The fourth-order valence-electron chi connectivity index (χ4n) is 1.63. The van der Waals surface area contributed by atoms with Gasteiger partial charge in [0, 0.05) is 16.6 Å². The number of ether oxygens (including phenoxy) is 1. The van der Waals surface area contributed by atoms with E-state index in [4.69, 9.17) is 4.74 Å². The number of amides is 1. The molecule has 0 fully saturated rings. The molecule has 0 aromatic heterocycles. The van der Waals surface area contributed by atoms with Crippen LogP contribution >= 0.6 is 15.9 Å². The van der Waals surface area contributed by atoms with E-state index in [0.717, 1.165) is 10.0 Å². The Morgan fingerprint density at radius 2 is 2.32 bits per heavy atom. The minimum absolute atomic E-state index is 0.142. The number of aliphatic hydroxyl groups is 1. The van der Waals surface area contributed by atoms with Gasteiger partial charge in [0.1, 0.15) is 5.75 Å². The van der Waals surface area contributed by atoms with E-state index in [-0.39, 0.29) is 12.5 Å². The molecule has 0 radical (unpaired) electrons. The molecule has 0 heterocycles. The Hall–Kier alpha value is -1.33. The van der Waals surface area contributed by atoms with Crippen molar-refractivity contribution in [2.45, 2.75) is 26.6 Å². The Balaban J connectivity index is 2.86. The lowest BCUT2D eigenvalue weighted by atomic mass is 10.1. The van der Waals surface area contributed by atoms with Crippen molar-refractivity contribution in [3.05, 3.63) is 40.4 Å².